The summed E-state index contributed by atoms with van der Waals surface area (Å²) in [6.45, 7) is 15.5. The van der Waals surface area contributed by atoms with E-state index in [9.17, 15) is 24.0 Å². The maximum atomic E-state index is 12.9. The third kappa shape index (κ3) is 17.2. The minimum atomic E-state index is -1.18. The van der Waals surface area contributed by atoms with Crippen LogP contribution in [0.1, 0.15) is 100.0 Å². The van der Waals surface area contributed by atoms with Crippen molar-refractivity contribution < 1.29 is 42.9 Å². The van der Waals surface area contributed by atoms with Gasteiger partial charge in [0.2, 0.25) is 5.91 Å². The molecule has 2 amide bonds. The molecule has 0 bridgehead atoms. The quantitative estimate of drug-likeness (QED) is 0.245. The number of hydrogen-bond donors (Lipinski definition) is 2. The van der Waals surface area contributed by atoms with E-state index in [-0.39, 0.29) is 38.7 Å². The van der Waals surface area contributed by atoms with Crippen LogP contribution >= 0.6 is 0 Å². The molecule has 42 heavy (non-hydrogen) atoms. The second kappa shape index (κ2) is 16.1. The fourth-order valence-electron chi connectivity index (χ4n) is 3.54. The fraction of sp³-hybridized carbons (Fsp3) is 0.645. The van der Waals surface area contributed by atoms with Gasteiger partial charge in [0.25, 0.3) is 0 Å². The van der Waals surface area contributed by atoms with Gasteiger partial charge in [0.1, 0.15) is 35.5 Å². The zero-order valence-corrected chi connectivity index (χ0v) is 26.5. The number of esters is 3. The maximum absolute atomic E-state index is 12.9. The van der Waals surface area contributed by atoms with E-state index in [1.54, 1.807) is 86.6 Å². The molecule has 2 atom stereocenters. The first-order chi connectivity index (χ1) is 19.2. The van der Waals surface area contributed by atoms with Crippen LogP contribution in [0.5, 0.6) is 0 Å². The summed E-state index contributed by atoms with van der Waals surface area (Å²) in [5.41, 5.74) is -1.50. The molecule has 0 aliphatic rings. The first kappa shape index (κ1) is 36.4. The molecule has 0 spiro atoms. The first-order valence-electron chi connectivity index (χ1n) is 14.2. The Balaban J connectivity index is 2.85. The molecule has 236 valence electrons. The molecule has 0 saturated heterocycles. The summed E-state index contributed by atoms with van der Waals surface area (Å²) in [5.74, 6) is -2.34. The highest BCUT2D eigenvalue weighted by Gasteiger charge is 2.30. The van der Waals surface area contributed by atoms with Gasteiger partial charge in [0.05, 0.1) is 0 Å². The van der Waals surface area contributed by atoms with Crippen LogP contribution in [0.2, 0.25) is 0 Å². The molecule has 1 rings (SSSR count). The molecule has 1 aromatic rings. The van der Waals surface area contributed by atoms with Crippen molar-refractivity contribution in [3.8, 4) is 0 Å². The van der Waals surface area contributed by atoms with Crippen LogP contribution in [0.3, 0.4) is 0 Å². The van der Waals surface area contributed by atoms with E-state index in [1.165, 1.54) is 0 Å². The Labute approximate surface area is 249 Å². The van der Waals surface area contributed by atoms with Crippen molar-refractivity contribution in [2.24, 2.45) is 0 Å². The number of hydrogen-bond acceptors (Lipinski definition) is 9. The number of carbonyl (C=O) groups excluding carboxylic acids is 5. The Morgan fingerprint density at radius 2 is 1.17 bits per heavy atom. The topological polar surface area (TPSA) is 146 Å². The van der Waals surface area contributed by atoms with Crippen LogP contribution in [-0.4, -0.2) is 58.8 Å². The molecule has 0 aromatic heterocycles. The molecular formula is C31H48N2O9. The normalized spacial score (nSPS) is 13.3. The second-order valence-corrected chi connectivity index (χ2v) is 13.0. The molecule has 0 unspecified atom stereocenters. The average molecular weight is 593 g/mol. The van der Waals surface area contributed by atoms with Crippen molar-refractivity contribution in [2.75, 3.05) is 0 Å². The van der Waals surface area contributed by atoms with E-state index < -0.39 is 58.8 Å². The second-order valence-electron chi connectivity index (χ2n) is 13.0. The van der Waals surface area contributed by atoms with E-state index in [2.05, 4.69) is 10.6 Å². The molecule has 0 saturated carbocycles. The van der Waals surface area contributed by atoms with Gasteiger partial charge < -0.3 is 29.6 Å². The zero-order chi connectivity index (χ0) is 32.1. The Bertz CT molecular complexity index is 1050. The number of nitrogens with one attached hydrogen (secondary N) is 2. The smallest absolute Gasteiger partial charge is 0.408 e. The van der Waals surface area contributed by atoms with Gasteiger partial charge in [0, 0.05) is 12.8 Å². The summed E-state index contributed by atoms with van der Waals surface area (Å²) in [6.07, 6.45) is -0.700. The predicted octanol–water partition coefficient (Wildman–Crippen LogP) is 4.74. The maximum Gasteiger partial charge on any atom is 0.408 e. The van der Waals surface area contributed by atoms with Crippen molar-refractivity contribution >= 4 is 29.9 Å². The van der Waals surface area contributed by atoms with Gasteiger partial charge >= 0.3 is 24.0 Å². The van der Waals surface area contributed by atoms with Crippen molar-refractivity contribution in [1.82, 2.24) is 10.6 Å². The van der Waals surface area contributed by atoms with Gasteiger partial charge in [-0.2, -0.15) is 0 Å². The monoisotopic (exact) mass is 592 g/mol. The summed E-state index contributed by atoms with van der Waals surface area (Å²) >= 11 is 0. The van der Waals surface area contributed by atoms with Crippen LogP contribution in [0.25, 0.3) is 0 Å². The zero-order valence-electron chi connectivity index (χ0n) is 26.5. The molecule has 0 aliphatic carbocycles. The summed E-state index contributed by atoms with van der Waals surface area (Å²) in [7, 11) is 0. The van der Waals surface area contributed by atoms with Gasteiger partial charge in [-0.1, -0.05) is 30.3 Å². The first-order valence-corrected chi connectivity index (χ1v) is 14.2. The number of alkyl carbamates (subject to hydrolysis) is 1. The van der Waals surface area contributed by atoms with Gasteiger partial charge in [0.15, 0.2) is 0 Å². The van der Waals surface area contributed by atoms with Crippen LogP contribution in [0, 0.1) is 0 Å². The molecule has 11 nitrogen and oxygen atoms in total. The number of ether oxygens (including phenoxy) is 4. The standard InChI is InChI=1S/C31H48N2O9/c1-29(2,3)40-25(35)17-13-16-22(26(36)41-30(4,5)6)32-24(34)19-18-23(27(37)42-31(7,8)9)33-28(38)39-20-21-14-11-10-12-15-21/h10-12,14-15,22-23H,13,16-20H2,1-9H3,(H,32,34)(H,33,38)/t22-,23-/m0/s1. The lowest BCUT2D eigenvalue weighted by atomic mass is 10.1. The highest BCUT2D eigenvalue weighted by molar-refractivity contribution is 5.86. The molecule has 0 heterocycles. The number of rotatable bonds is 13. The third-order valence-corrected chi connectivity index (χ3v) is 5.18. The minimum absolute atomic E-state index is 0.00490. The van der Waals surface area contributed by atoms with Gasteiger partial charge in [-0.25, -0.2) is 14.4 Å². The average Bonchev–Trinajstić information content (AvgIpc) is 2.82. The summed E-state index contributed by atoms with van der Waals surface area (Å²) in [6, 6.07) is 6.83. The van der Waals surface area contributed by atoms with Crippen LogP contribution in [-0.2, 0) is 44.7 Å². The van der Waals surface area contributed by atoms with E-state index >= 15 is 0 Å². The Kier molecular flexibility index (Phi) is 14.0. The van der Waals surface area contributed by atoms with Crippen LogP contribution in [0.4, 0.5) is 4.79 Å². The highest BCUT2D eigenvalue weighted by atomic mass is 16.6. The Morgan fingerprint density at radius 3 is 1.67 bits per heavy atom. The minimum Gasteiger partial charge on any atom is -0.460 e. The molecule has 0 fully saturated rings. The molecular weight excluding hydrogens is 544 g/mol. The lowest BCUT2D eigenvalue weighted by Crippen LogP contribution is -2.46. The molecule has 11 heteroatoms. The Hall–Kier alpha value is -3.63. The molecule has 0 radical (unpaired) electrons. The van der Waals surface area contributed by atoms with E-state index in [0.29, 0.717) is 0 Å². The van der Waals surface area contributed by atoms with E-state index in [4.69, 9.17) is 18.9 Å². The number of amides is 2. The van der Waals surface area contributed by atoms with Crippen LogP contribution in [0.15, 0.2) is 30.3 Å². The Morgan fingerprint density at radius 1 is 0.667 bits per heavy atom. The lowest BCUT2D eigenvalue weighted by molar-refractivity contribution is -0.160. The highest BCUT2D eigenvalue weighted by Crippen LogP contribution is 2.15. The van der Waals surface area contributed by atoms with E-state index in [0.717, 1.165) is 5.56 Å². The number of carbonyl (C=O) groups is 5. The lowest BCUT2D eigenvalue weighted by Gasteiger charge is -2.26. The molecule has 2 N–H and O–H groups in total. The summed E-state index contributed by atoms with van der Waals surface area (Å²) in [4.78, 5) is 63.1. The van der Waals surface area contributed by atoms with Crippen molar-refractivity contribution in [2.45, 2.75) is 130 Å². The van der Waals surface area contributed by atoms with Gasteiger partial charge in [-0.15, -0.1) is 0 Å². The third-order valence-electron chi connectivity index (χ3n) is 5.18. The van der Waals surface area contributed by atoms with Crippen molar-refractivity contribution in [3.05, 3.63) is 35.9 Å². The van der Waals surface area contributed by atoms with Gasteiger partial charge in [-0.05, 0) is 87.1 Å². The summed E-state index contributed by atoms with van der Waals surface area (Å²) in [5, 5.41) is 5.12. The largest absolute Gasteiger partial charge is 0.460 e. The van der Waals surface area contributed by atoms with Crippen molar-refractivity contribution in [3.63, 3.8) is 0 Å². The fourth-order valence-corrected chi connectivity index (χ4v) is 3.54. The molecule has 0 aliphatic heterocycles. The van der Waals surface area contributed by atoms with Crippen molar-refractivity contribution in [1.29, 1.82) is 0 Å². The predicted molar refractivity (Wildman–Crippen MR) is 156 cm³/mol. The van der Waals surface area contributed by atoms with Crippen LogP contribution < -0.4 is 10.6 Å². The van der Waals surface area contributed by atoms with E-state index in [1.807, 2.05) is 6.07 Å². The molecule has 1 aromatic carbocycles. The number of benzene rings is 1. The SMILES string of the molecule is CC(C)(C)OC(=O)CCC[C@H](NC(=O)CC[C@H](NC(=O)OCc1ccccc1)C(=O)OC(C)(C)C)C(=O)OC(C)(C)C. The summed E-state index contributed by atoms with van der Waals surface area (Å²) < 4.78 is 21.4. The van der Waals surface area contributed by atoms with Gasteiger partial charge in [-0.3, -0.25) is 9.59 Å².